The van der Waals surface area contributed by atoms with Crippen molar-refractivity contribution in [2.24, 2.45) is 0 Å². The molecule has 0 amide bonds. The molecule has 3 rings (SSSR count). The molecule has 0 spiro atoms. The third-order valence-electron chi connectivity index (χ3n) is 2.88. The fourth-order valence-corrected chi connectivity index (χ4v) is 1.86. The number of aryl methyl sites for hydroxylation is 1. The summed E-state index contributed by atoms with van der Waals surface area (Å²) in [4.78, 5) is 0. The number of benzene rings is 2. The van der Waals surface area contributed by atoms with Gasteiger partial charge in [0.1, 0.15) is 5.82 Å². The van der Waals surface area contributed by atoms with Gasteiger partial charge < -0.3 is 11.1 Å². The Morgan fingerprint density at radius 2 is 1.95 bits per heavy atom. The SMILES string of the molecule is Cc1cc(Nc2ccc(N)c3nonc23)ccc1F. The van der Waals surface area contributed by atoms with Crippen LogP contribution in [-0.2, 0) is 0 Å². The molecule has 3 aromatic rings. The largest absolute Gasteiger partial charge is 0.397 e. The van der Waals surface area contributed by atoms with Crippen LogP contribution < -0.4 is 11.1 Å². The van der Waals surface area contributed by atoms with Crippen molar-refractivity contribution in [2.75, 3.05) is 11.1 Å². The molecule has 0 radical (unpaired) electrons. The van der Waals surface area contributed by atoms with E-state index in [0.717, 1.165) is 5.69 Å². The van der Waals surface area contributed by atoms with Crippen molar-refractivity contribution in [3.05, 3.63) is 41.7 Å². The van der Waals surface area contributed by atoms with Crippen LogP contribution in [0.5, 0.6) is 0 Å². The molecule has 6 heteroatoms. The molecule has 0 atom stereocenters. The number of rotatable bonds is 2. The Bertz CT molecular complexity index is 753. The molecule has 0 aliphatic heterocycles. The number of nitrogens with one attached hydrogen (secondary N) is 1. The van der Waals surface area contributed by atoms with E-state index in [1.807, 2.05) is 0 Å². The predicted molar refractivity (Wildman–Crippen MR) is 70.6 cm³/mol. The van der Waals surface area contributed by atoms with Gasteiger partial charge in [0.25, 0.3) is 0 Å². The zero-order chi connectivity index (χ0) is 13.4. The monoisotopic (exact) mass is 258 g/mol. The van der Waals surface area contributed by atoms with Gasteiger partial charge in [-0.15, -0.1) is 0 Å². The van der Waals surface area contributed by atoms with Gasteiger partial charge in [-0.1, -0.05) is 0 Å². The second kappa shape index (κ2) is 4.24. The van der Waals surface area contributed by atoms with Crippen molar-refractivity contribution in [2.45, 2.75) is 6.92 Å². The van der Waals surface area contributed by atoms with E-state index < -0.39 is 0 Å². The quantitative estimate of drug-likeness (QED) is 0.691. The number of nitrogens with two attached hydrogens (primary N) is 1. The average Bonchev–Trinajstić information content (AvgIpc) is 2.87. The Labute approximate surface area is 108 Å². The summed E-state index contributed by atoms with van der Waals surface area (Å²) in [7, 11) is 0. The average molecular weight is 258 g/mol. The van der Waals surface area contributed by atoms with Crippen molar-refractivity contribution in [1.29, 1.82) is 0 Å². The van der Waals surface area contributed by atoms with E-state index in [1.54, 1.807) is 31.2 Å². The minimum atomic E-state index is -0.240. The first-order valence-electron chi connectivity index (χ1n) is 5.69. The Kier molecular flexibility index (Phi) is 2.56. The van der Waals surface area contributed by atoms with Crippen LogP contribution >= 0.6 is 0 Å². The highest BCUT2D eigenvalue weighted by Gasteiger charge is 2.10. The summed E-state index contributed by atoms with van der Waals surface area (Å²) < 4.78 is 17.9. The second-order valence-electron chi connectivity index (χ2n) is 4.25. The number of halogens is 1. The molecule has 19 heavy (non-hydrogen) atoms. The Morgan fingerprint density at radius 1 is 1.16 bits per heavy atom. The summed E-state index contributed by atoms with van der Waals surface area (Å²) in [6.07, 6.45) is 0. The fraction of sp³-hybridized carbons (Fsp3) is 0.0769. The number of nitrogens with zero attached hydrogens (tertiary/aromatic N) is 2. The molecular weight excluding hydrogens is 247 g/mol. The van der Waals surface area contributed by atoms with E-state index in [1.165, 1.54) is 6.07 Å². The lowest BCUT2D eigenvalue weighted by molar-refractivity contribution is 0.316. The maximum absolute atomic E-state index is 13.2. The molecule has 2 aromatic carbocycles. The standard InChI is InChI=1S/C13H11FN4O/c1-7-6-8(2-3-9(7)14)16-11-5-4-10(15)12-13(11)18-19-17-12/h2-6,16H,15H2,1H3. The van der Waals surface area contributed by atoms with Gasteiger partial charge in [0.15, 0.2) is 11.0 Å². The smallest absolute Gasteiger partial charge is 0.160 e. The summed E-state index contributed by atoms with van der Waals surface area (Å²) in [6.45, 7) is 1.71. The van der Waals surface area contributed by atoms with E-state index in [0.29, 0.717) is 28.0 Å². The van der Waals surface area contributed by atoms with Crippen LogP contribution in [0.4, 0.5) is 21.5 Å². The van der Waals surface area contributed by atoms with Crippen LogP contribution in [0.2, 0.25) is 0 Å². The maximum Gasteiger partial charge on any atom is 0.160 e. The van der Waals surface area contributed by atoms with Gasteiger partial charge in [-0.05, 0) is 53.1 Å². The van der Waals surface area contributed by atoms with Crippen LogP contribution in [0.25, 0.3) is 11.0 Å². The molecule has 0 unspecified atom stereocenters. The van der Waals surface area contributed by atoms with Crippen molar-refractivity contribution in [3.63, 3.8) is 0 Å². The first-order chi connectivity index (χ1) is 9.15. The minimum Gasteiger partial charge on any atom is -0.397 e. The molecule has 96 valence electrons. The Morgan fingerprint density at radius 3 is 2.74 bits per heavy atom. The van der Waals surface area contributed by atoms with Gasteiger partial charge in [0.05, 0.1) is 11.4 Å². The number of fused-ring (bicyclic) bond motifs is 1. The van der Waals surface area contributed by atoms with Gasteiger partial charge in [-0.3, -0.25) is 0 Å². The highest BCUT2D eigenvalue weighted by Crippen LogP contribution is 2.28. The normalized spacial score (nSPS) is 10.8. The number of aromatic nitrogens is 2. The summed E-state index contributed by atoms with van der Waals surface area (Å²) in [5.41, 5.74) is 9.34. The van der Waals surface area contributed by atoms with Gasteiger partial charge in [0.2, 0.25) is 0 Å². The zero-order valence-electron chi connectivity index (χ0n) is 10.1. The molecule has 3 N–H and O–H groups in total. The second-order valence-corrected chi connectivity index (χ2v) is 4.25. The first-order valence-corrected chi connectivity index (χ1v) is 5.69. The van der Waals surface area contributed by atoms with Crippen LogP contribution in [0.15, 0.2) is 35.0 Å². The van der Waals surface area contributed by atoms with Crippen LogP contribution in [-0.4, -0.2) is 10.3 Å². The predicted octanol–water partition coefficient (Wildman–Crippen LogP) is 3.00. The molecule has 0 aliphatic rings. The van der Waals surface area contributed by atoms with E-state index in [4.69, 9.17) is 5.73 Å². The summed E-state index contributed by atoms with van der Waals surface area (Å²) in [5.74, 6) is -0.240. The first kappa shape index (κ1) is 11.5. The van der Waals surface area contributed by atoms with Gasteiger partial charge in [-0.2, -0.15) is 0 Å². The lowest BCUT2D eigenvalue weighted by Crippen LogP contribution is -1.95. The summed E-state index contributed by atoms with van der Waals surface area (Å²) in [5, 5.41) is 10.7. The van der Waals surface area contributed by atoms with E-state index in [2.05, 4.69) is 20.3 Å². The third kappa shape index (κ3) is 1.97. The lowest BCUT2D eigenvalue weighted by atomic mass is 10.2. The summed E-state index contributed by atoms with van der Waals surface area (Å²) >= 11 is 0. The van der Waals surface area contributed by atoms with E-state index in [9.17, 15) is 4.39 Å². The van der Waals surface area contributed by atoms with E-state index >= 15 is 0 Å². The topological polar surface area (TPSA) is 77.0 Å². The molecule has 0 saturated heterocycles. The zero-order valence-corrected chi connectivity index (χ0v) is 10.1. The number of nitrogen functional groups attached to an aromatic ring is 1. The van der Waals surface area contributed by atoms with Gasteiger partial charge in [0, 0.05) is 5.69 Å². The van der Waals surface area contributed by atoms with Crippen LogP contribution in [0, 0.1) is 12.7 Å². The molecule has 0 aliphatic carbocycles. The number of anilines is 3. The number of hydrogen-bond donors (Lipinski definition) is 2. The highest BCUT2D eigenvalue weighted by molar-refractivity contribution is 5.96. The van der Waals surface area contributed by atoms with Crippen LogP contribution in [0.1, 0.15) is 5.56 Å². The molecule has 0 fully saturated rings. The molecule has 5 nitrogen and oxygen atoms in total. The Hall–Kier alpha value is -2.63. The maximum atomic E-state index is 13.2. The van der Waals surface area contributed by atoms with Gasteiger partial charge >= 0.3 is 0 Å². The van der Waals surface area contributed by atoms with Crippen molar-refractivity contribution < 1.29 is 9.02 Å². The van der Waals surface area contributed by atoms with Gasteiger partial charge in [-0.25, -0.2) is 9.02 Å². The lowest BCUT2D eigenvalue weighted by Gasteiger charge is -2.08. The molecular formula is C13H11FN4O. The highest BCUT2D eigenvalue weighted by atomic mass is 19.1. The van der Waals surface area contributed by atoms with E-state index in [-0.39, 0.29) is 5.82 Å². The summed E-state index contributed by atoms with van der Waals surface area (Å²) in [6, 6.07) is 8.27. The fourth-order valence-electron chi connectivity index (χ4n) is 1.86. The van der Waals surface area contributed by atoms with Crippen LogP contribution in [0.3, 0.4) is 0 Å². The molecule has 0 saturated carbocycles. The molecule has 1 aromatic heterocycles. The third-order valence-corrected chi connectivity index (χ3v) is 2.88. The minimum absolute atomic E-state index is 0.240. The molecule has 0 bridgehead atoms. The number of hydrogen-bond acceptors (Lipinski definition) is 5. The van der Waals surface area contributed by atoms with Crippen molar-refractivity contribution >= 4 is 28.1 Å². The van der Waals surface area contributed by atoms with Crippen molar-refractivity contribution in [1.82, 2.24) is 10.3 Å². The Balaban J connectivity index is 2.03. The molecule has 1 heterocycles. The van der Waals surface area contributed by atoms with Crippen molar-refractivity contribution in [3.8, 4) is 0 Å².